The lowest BCUT2D eigenvalue weighted by Crippen LogP contribution is -2.30. The Balaban J connectivity index is 2.63. The number of hydrogen-bond acceptors (Lipinski definition) is 2. The van der Waals surface area contributed by atoms with E-state index in [1.54, 1.807) is 0 Å². The standard InChI is InChI=1S/C10H11ClF3NO/c1-15(6-10(12,13)14)5-7-2-3-9(16)8(11)4-7/h2-4,16H,5-6H2,1H3. The van der Waals surface area contributed by atoms with Gasteiger partial charge < -0.3 is 5.11 Å². The molecule has 0 aromatic heterocycles. The first-order valence-corrected chi connectivity index (χ1v) is 4.88. The van der Waals surface area contributed by atoms with Crippen LogP contribution in [0.1, 0.15) is 5.56 Å². The highest BCUT2D eigenvalue weighted by Crippen LogP contribution is 2.24. The second-order valence-corrected chi connectivity index (χ2v) is 3.98. The molecule has 1 N–H and O–H groups in total. The summed E-state index contributed by atoms with van der Waals surface area (Å²) in [5, 5.41) is 9.28. The van der Waals surface area contributed by atoms with E-state index in [1.165, 1.54) is 25.2 Å². The average molecular weight is 254 g/mol. The second kappa shape index (κ2) is 4.93. The fourth-order valence-electron chi connectivity index (χ4n) is 1.32. The summed E-state index contributed by atoms with van der Waals surface area (Å²) in [6.45, 7) is -0.856. The van der Waals surface area contributed by atoms with Crippen LogP contribution in [0.25, 0.3) is 0 Å². The van der Waals surface area contributed by atoms with Crippen molar-refractivity contribution in [1.29, 1.82) is 0 Å². The molecule has 0 heterocycles. The minimum Gasteiger partial charge on any atom is -0.506 e. The molecule has 16 heavy (non-hydrogen) atoms. The number of alkyl halides is 3. The number of phenols is 1. The van der Waals surface area contributed by atoms with Gasteiger partial charge in [0, 0.05) is 6.54 Å². The van der Waals surface area contributed by atoms with Crippen LogP contribution in [0.2, 0.25) is 5.02 Å². The fourth-order valence-corrected chi connectivity index (χ4v) is 1.53. The topological polar surface area (TPSA) is 23.5 Å². The van der Waals surface area contributed by atoms with Gasteiger partial charge in [0.2, 0.25) is 0 Å². The molecule has 0 bridgehead atoms. The molecule has 0 aliphatic carbocycles. The largest absolute Gasteiger partial charge is 0.506 e. The van der Waals surface area contributed by atoms with Crippen LogP contribution < -0.4 is 0 Å². The maximum Gasteiger partial charge on any atom is 0.401 e. The van der Waals surface area contributed by atoms with E-state index in [0.717, 1.165) is 4.90 Å². The van der Waals surface area contributed by atoms with E-state index in [2.05, 4.69) is 0 Å². The van der Waals surface area contributed by atoms with E-state index >= 15 is 0 Å². The molecule has 0 atom stereocenters. The lowest BCUT2D eigenvalue weighted by molar-refractivity contribution is -0.144. The van der Waals surface area contributed by atoms with Crippen molar-refractivity contribution >= 4 is 11.6 Å². The van der Waals surface area contributed by atoms with Crippen LogP contribution in [0.5, 0.6) is 5.75 Å². The van der Waals surface area contributed by atoms with Gasteiger partial charge in [-0.2, -0.15) is 13.2 Å². The monoisotopic (exact) mass is 253 g/mol. The van der Waals surface area contributed by atoms with E-state index in [4.69, 9.17) is 16.7 Å². The van der Waals surface area contributed by atoms with Gasteiger partial charge >= 0.3 is 6.18 Å². The van der Waals surface area contributed by atoms with E-state index in [-0.39, 0.29) is 17.3 Å². The Morgan fingerprint density at radius 3 is 2.50 bits per heavy atom. The zero-order chi connectivity index (χ0) is 12.3. The third-order valence-corrected chi connectivity index (χ3v) is 2.22. The number of hydrogen-bond donors (Lipinski definition) is 1. The highest BCUT2D eigenvalue weighted by molar-refractivity contribution is 6.32. The van der Waals surface area contributed by atoms with Crippen LogP contribution in [0.15, 0.2) is 18.2 Å². The van der Waals surface area contributed by atoms with Crippen LogP contribution in [0.3, 0.4) is 0 Å². The Morgan fingerprint density at radius 2 is 2.00 bits per heavy atom. The van der Waals surface area contributed by atoms with Gasteiger partial charge in [0.05, 0.1) is 11.6 Å². The molecule has 6 heteroatoms. The molecule has 0 saturated carbocycles. The summed E-state index contributed by atoms with van der Waals surface area (Å²) >= 11 is 5.64. The van der Waals surface area contributed by atoms with E-state index in [1.807, 2.05) is 0 Å². The SMILES string of the molecule is CN(Cc1ccc(O)c(Cl)c1)CC(F)(F)F. The molecule has 0 unspecified atom stereocenters. The highest BCUT2D eigenvalue weighted by atomic mass is 35.5. The molecule has 1 aromatic rings. The molecule has 0 saturated heterocycles. The second-order valence-electron chi connectivity index (χ2n) is 3.57. The predicted octanol–water partition coefficient (Wildman–Crippen LogP) is 3.04. The van der Waals surface area contributed by atoms with E-state index in [0.29, 0.717) is 5.56 Å². The van der Waals surface area contributed by atoms with Gasteiger partial charge in [0.25, 0.3) is 0 Å². The fraction of sp³-hybridized carbons (Fsp3) is 0.400. The average Bonchev–Trinajstić information content (AvgIpc) is 2.08. The third-order valence-electron chi connectivity index (χ3n) is 1.91. The van der Waals surface area contributed by atoms with Crippen molar-refractivity contribution in [2.24, 2.45) is 0 Å². The Labute approximate surface area is 96.2 Å². The summed E-state index contributed by atoms with van der Waals surface area (Å²) in [5.41, 5.74) is 0.620. The summed E-state index contributed by atoms with van der Waals surface area (Å²) in [7, 11) is 1.37. The van der Waals surface area contributed by atoms with Gasteiger partial charge in [-0.15, -0.1) is 0 Å². The minimum absolute atomic E-state index is 0.0797. The molecule has 1 rings (SSSR count). The molecular formula is C10H11ClF3NO. The molecule has 0 fully saturated rings. The lowest BCUT2D eigenvalue weighted by atomic mass is 10.2. The predicted molar refractivity (Wildman–Crippen MR) is 55.5 cm³/mol. The first-order valence-electron chi connectivity index (χ1n) is 4.50. The van der Waals surface area contributed by atoms with Crippen molar-refractivity contribution < 1.29 is 18.3 Å². The first-order chi connectivity index (χ1) is 7.28. The van der Waals surface area contributed by atoms with Crippen LogP contribution in [-0.2, 0) is 6.54 Å². The van der Waals surface area contributed by atoms with Gasteiger partial charge in [0.1, 0.15) is 5.75 Å². The smallest absolute Gasteiger partial charge is 0.401 e. The quantitative estimate of drug-likeness (QED) is 0.895. The number of halogens is 4. The van der Waals surface area contributed by atoms with Crippen LogP contribution in [0, 0.1) is 0 Å². The third kappa shape index (κ3) is 4.28. The summed E-state index contributed by atoms with van der Waals surface area (Å²) in [6.07, 6.45) is -4.21. The summed E-state index contributed by atoms with van der Waals surface area (Å²) in [6, 6.07) is 4.34. The van der Waals surface area contributed by atoms with Crippen LogP contribution >= 0.6 is 11.6 Å². The van der Waals surface area contributed by atoms with E-state index < -0.39 is 12.7 Å². The van der Waals surface area contributed by atoms with Gasteiger partial charge in [0.15, 0.2) is 0 Å². The first kappa shape index (κ1) is 13.1. The molecule has 0 spiro atoms. The maximum atomic E-state index is 12.0. The van der Waals surface area contributed by atoms with Gasteiger partial charge in [-0.3, -0.25) is 4.90 Å². The van der Waals surface area contributed by atoms with Crippen molar-refractivity contribution in [1.82, 2.24) is 4.90 Å². The van der Waals surface area contributed by atoms with Crippen molar-refractivity contribution in [3.05, 3.63) is 28.8 Å². The molecule has 1 aromatic carbocycles. The lowest BCUT2D eigenvalue weighted by Gasteiger charge is -2.18. The Morgan fingerprint density at radius 1 is 1.38 bits per heavy atom. The Kier molecular flexibility index (Phi) is 4.04. The molecule has 0 aliphatic heterocycles. The normalized spacial score (nSPS) is 12.1. The van der Waals surface area contributed by atoms with Crippen molar-refractivity contribution in [2.45, 2.75) is 12.7 Å². The number of rotatable bonds is 3. The van der Waals surface area contributed by atoms with Crippen molar-refractivity contribution in [3.8, 4) is 5.75 Å². The number of aromatic hydroxyl groups is 1. The van der Waals surface area contributed by atoms with Gasteiger partial charge in [-0.05, 0) is 24.7 Å². The van der Waals surface area contributed by atoms with Crippen molar-refractivity contribution in [2.75, 3.05) is 13.6 Å². The van der Waals surface area contributed by atoms with Gasteiger partial charge in [-0.1, -0.05) is 17.7 Å². The number of nitrogens with zero attached hydrogens (tertiary/aromatic N) is 1. The molecule has 0 radical (unpaired) electrons. The molecular weight excluding hydrogens is 243 g/mol. The van der Waals surface area contributed by atoms with Crippen LogP contribution in [-0.4, -0.2) is 29.8 Å². The highest BCUT2D eigenvalue weighted by Gasteiger charge is 2.29. The Hall–Kier alpha value is -0.940. The van der Waals surface area contributed by atoms with Crippen molar-refractivity contribution in [3.63, 3.8) is 0 Å². The summed E-state index contributed by atoms with van der Waals surface area (Å²) in [5.74, 6) is -0.0797. The summed E-state index contributed by atoms with van der Waals surface area (Å²) < 4.78 is 36.1. The minimum atomic E-state index is -4.21. The zero-order valence-electron chi connectivity index (χ0n) is 8.55. The summed E-state index contributed by atoms with van der Waals surface area (Å²) in [4.78, 5) is 1.13. The number of phenolic OH excluding ortho intramolecular Hbond substituents is 1. The Bertz CT molecular complexity index is 368. The number of benzene rings is 1. The molecule has 0 amide bonds. The zero-order valence-corrected chi connectivity index (χ0v) is 9.31. The van der Waals surface area contributed by atoms with E-state index in [9.17, 15) is 13.2 Å². The molecule has 90 valence electrons. The van der Waals surface area contributed by atoms with Crippen LogP contribution in [0.4, 0.5) is 13.2 Å². The maximum absolute atomic E-state index is 12.0. The molecule has 2 nitrogen and oxygen atoms in total. The molecule has 0 aliphatic rings. The van der Waals surface area contributed by atoms with Gasteiger partial charge in [-0.25, -0.2) is 0 Å².